The average molecular weight is 382 g/mol. The van der Waals surface area contributed by atoms with E-state index in [1.54, 1.807) is 25.3 Å². The zero-order valence-corrected chi connectivity index (χ0v) is 16.1. The molecule has 1 saturated heterocycles. The standard InChI is InChI=1S/C22H26N2O4/c1-26-19-5-3-2-4-17(19)15-24-10-8-18(9-11-24)23-22(25)16-6-7-20-21(14-16)28-13-12-27-20/h2-7,14,18H,8-13,15H2,1H3,(H,23,25). The molecule has 4 rings (SSSR count). The highest BCUT2D eigenvalue weighted by molar-refractivity contribution is 5.95. The van der Waals surface area contributed by atoms with E-state index in [1.807, 2.05) is 18.2 Å². The highest BCUT2D eigenvalue weighted by atomic mass is 16.6. The molecule has 148 valence electrons. The lowest BCUT2D eigenvalue weighted by molar-refractivity contribution is 0.0907. The van der Waals surface area contributed by atoms with Crippen molar-refractivity contribution >= 4 is 5.91 Å². The predicted molar refractivity (Wildman–Crippen MR) is 106 cm³/mol. The molecule has 2 heterocycles. The highest BCUT2D eigenvalue weighted by Crippen LogP contribution is 2.30. The molecular weight excluding hydrogens is 356 g/mol. The van der Waals surface area contributed by atoms with Crippen LogP contribution in [0.2, 0.25) is 0 Å². The second-order valence-electron chi connectivity index (χ2n) is 7.19. The molecule has 2 aliphatic rings. The third-order valence-corrected chi connectivity index (χ3v) is 5.31. The van der Waals surface area contributed by atoms with Gasteiger partial charge in [0.1, 0.15) is 19.0 Å². The van der Waals surface area contributed by atoms with Crippen molar-refractivity contribution < 1.29 is 19.0 Å². The Morgan fingerprint density at radius 3 is 2.64 bits per heavy atom. The van der Waals surface area contributed by atoms with Crippen molar-refractivity contribution in [2.45, 2.75) is 25.4 Å². The number of benzene rings is 2. The molecule has 1 amide bonds. The van der Waals surface area contributed by atoms with E-state index in [0.717, 1.165) is 38.2 Å². The molecule has 0 saturated carbocycles. The molecular formula is C22H26N2O4. The van der Waals surface area contributed by atoms with E-state index in [9.17, 15) is 4.79 Å². The monoisotopic (exact) mass is 382 g/mol. The molecule has 28 heavy (non-hydrogen) atoms. The van der Waals surface area contributed by atoms with Crippen LogP contribution < -0.4 is 19.5 Å². The Kier molecular flexibility index (Phi) is 5.67. The summed E-state index contributed by atoms with van der Waals surface area (Å²) < 4.78 is 16.5. The van der Waals surface area contributed by atoms with Crippen LogP contribution in [0.25, 0.3) is 0 Å². The minimum absolute atomic E-state index is 0.0554. The molecule has 2 aromatic carbocycles. The number of piperidine rings is 1. The lowest BCUT2D eigenvalue weighted by Gasteiger charge is -2.32. The van der Waals surface area contributed by atoms with Crippen LogP contribution in [-0.4, -0.2) is 50.3 Å². The van der Waals surface area contributed by atoms with Crippen molar-refractivity contribution in [3.63, 3.8) is 0 Å². The van der Waals surface area contributed by atoms with Crippen LogP contribution in [0.5, 0.6) is 17.2 Å². The number of hydrogen-bond donors (Lipinski definition) is 1. The van der Waals surface area contributed by atoms with Crippen LogP contribution in [0.15, 0.2) is 42.5 Å². The summed E-state index contributed by atoms with van der Waals surface area (Å²) in [7, 11) is 1.71. The molecule has 6 nitrogen and oxygen atoms in total. The Morgan fingerprint density at radius 2 is 1.86 bits per heavy atom. The van der Waals surface area contributed by atoms with E-state index in [-0.39, 0.29) is 11.9 Å². The largest absolute Gasteiger partial charge is 0.496 e. The molecule has 6 heteroatoms. The van der Waals surface area contributed by atoms with Crippen LogP contribution >= 0.6 is 0 Å². The van der Waals surface area contributed by atoms with Gasteiger partial charge in [-0.1, -0.05) is 18.2 Å². The van der Waals surface area contributed by atoms with E-state index >= 15 is 0 Å². The molecule has 2 aromatic rings. The zero-order valence-electron chi connectivity index (χ0n) is 16.1. The second kappa shape index (κ2) is 8.52. The van der Waals surface area contributed by atoms with Gasteiger partial charge in [0.2, 0.25) is 0 Å². The lowest BCUT2D eigenvalue weighted by Crippen LogP contribution is -2.44. The summed E-state index contributed by atoms with van der Waals surface area (Å²) in [6.07, 6.45) is 1.87. The Labute approximate surface area is 165 Å². The Bertz CT molecular complexity index is 831. The SMILES string of the molecule is COc1ccccc1CN1CCC(NC(=O)c2ccc3c(c2)OCCO3)CC1. The maximum absolute atomic E-state index is 12.6. The van der Waals surface area contributed by atoms with Crippen LogP contribution in [0.1, 0.15) is 28.8 Å². The summed E-state index contributed by atoms with van der Waals surface area (Å²) in [5.74, 6) is 2.22. The van der Waals surface area contributed by atoms with Crippen molar-refractivity contribution in [3.8, 4) is 17.2 Å². The lowest BCUT2D eigenvalue weighted by atomic mass is 10.0. The van der Waals surface area contributed by atoms with Gasteiger partial charge in [0.25, 0.3) is 5.91 Å². The van der Waals surface area contributed by atoms with E-state index in [4.69, 9.17) is 14.2 Å². The minimum atomic E-state index is -0.0554. The van der Waals surface area contributed by atoms with Gasteiger partial charge in [-0.15, -0.1) is 0 Å². The first-order valence-electron chi connectivity index (χ1n) is 9.77. The fourth-order valence-electron chi connectivity index (χ4n) is 3.76. The minimum Gasteiger partial charge on any atom is -0.496 e. The predicted octanol–water partition coefficient (Wildman–Crippen LogP) is 2.86. The number of nitrogens with zero attached hydrogens (tertiary/aromatic N) is 1. The molecule has 0 atom stereocenters. The van der Waals surface area contributed by atoms with Gasteiger partial charge in [-0.25, -0.2) is 0 Å². The number of carbonyl (C=O) groups is 1. The average Bonchev–Trinajstić information content (AvgIpc) is 2.75. The summed E-state index contributed by atoms with van der Waals surface area (Å²) in [6.45, 7) is 3.83. The van der Waals surface area contributed by atoms with Gasteiger partial charge >= 0.3 is 0 Å². The maximum Gasteiger partial charge on any atom is 0.251 e. The first-order chi connectivity index (χ1) is 13.7. The molecule has 0 bridgehead atoms. The Balaban J connectivity index is 1.30. The number of para-hydroxylation sites is 1. The number of ether oxygens (including phenoxy) is 3. The fraction of sp³-hybridized carbons (Fsp3) is 0.409. The first-order valence-corrected chi connectivity index (χ1v) is 9.77. The van der Waals surface area contributed by atoms with Gasteiger partial charge in [-0.2, -0.15) is 0 Å². The van der Waals surface area contributed by atoms with Gasteiger partial charge < -0.3 is 19.5 Å². The molecule has 1 fully saturated rings. The smallest absolute Gasteiger partial charge is 0.251 e. The van der Waals surface area contributed by atoms with Crippen molar-refractivity contribution in [2.24, 2.45) is 0 Å². The zero-order chi connectivity index (χ0) is 19.3. The van der Waals surface area contributed by atoms with Crippen molar-refractivity contribution in [1.82, 2.24) is 10.2 Å². The number of rotatable bonds is 5. The highest BCUT2D eigenvalue weighted by Gasteiger charge is 2.23. The quantitative estimate of drug-likeness (QED) is 0.862. The van der Waals surface area contributed by atoms with Gasteiger partial charge in [-0.3, -0.25) is 9.69 Å². The second-order valence-corrected chi connectivity index (χ2v) is 7.19. The first kappa shape index (κ1) is 18.6. The van der Waals surface area contributed by atoms with Crippen LogP contribution in [0, 0.1) is 0 Å². The molecule has 0 spiro atoms. The Morgan fingerprint density at radius 1 is 1.11 bits per heavy atom. The van der Waals surface area contributed by atoms with E-state index in [2.05, 4.69) is 16.3 Å². The van der Waals surface area contributed by atoms with Gasteiger partial charge in [-0.05, 0) is 37.1 Å². The number of methoxy groups -OCH3 is 1. The third-order valence-electron chi connectivity index (χ3n) is 5.31. The molecule has 0 radical (unpaired) electrons. The van der Waals surface area contributed by atoms with Gasteiger partial charge in [0, 0.05) is 36.8 Å². The van der Waals surface area contributed by atoms with Crippen molar-refractivity contribution in [1.29, 1.82) is 0 Å². The summed E-state index contributed by atoms with van der Waals surface area (Å²) in [5, 5.41) is 3.16. The summed E-state index contributed by atoms with van der Waals surface area (Å²) in [5.41, 5.74) is 1.81. The summed E-state index contributed by atoms with van der Waals surface area (Å²) >= 11 is 0. The number of likely N-dealkylation sites (tertiary alicyclic amines) is 1. The van der Waals surface area contributed by atoms with Gasteiger partial charge in [0.15, 0.2) is 11.5 Å². The van der Waals surface area contributed by atoms with Crippen molar-refractivity contribution in [3.05, 3.63) is 53.6 Å². The molecule has 0 unspecified atom stereocenters. The van der Waals surface area contributed by atoms with Crippen LogP contribution in [0.3, 0.4) is 0 Å². The van der Waals surface area contributed by atoms with E-state index in [0.29, 0.717) is 30.3 Å². The summed E-state index contributed by atoms with van der Waals surface area (Å²) in [4.78, 5) is 15.0. The topological polar surface area (TPSA) is 60.0 Å². The Hall–Kier alpha value is -2.73. The maximum atomic E-state index is 12.6. The summed E-state index contributed by atoms with van der Waals surface area (Å²) in [6, 6.07) is 13.7. The number of hydrogen-bond acceptors (Lipinski definition) is 5. The number of carbonyl (C=O) groups excluding carboxylic acids is 1. The normalized spacial score (nSPS) is 17.2. The fourth-order valence-corrected chi connectivity index (χ4v) is 3.76. The number of amides is 1. The number of nitrogens with one attached hydrogen (secondary N) is 1. The third kappa shape index (κ3) is 4.22. The molecule has 0 aliphatic carbocycles. The van der Waals surface area contributed by atoms with Crippen LogP contribution in [0.4, 0.5) is 0 Å². The molecule has 2 aliphatic heterocycles. The number of fused-ring (bicyclic) bond motifs is 1. The van der Waals surface area contributed by atoms with Crippen LogP contribution in [-0.2, 0) is 6.54 Å². The van der Waals surface area contributed by atoms with E-state index < -0.39 is 0 Å². The van der Waals surface area contributed by atoms with Gasteiger partial charge in [0.05, 0.1) is 7.11 Å². The van der Waals surface area contributed by atoms with E-state index in [1.165, 1.54) is 5.56 Å². The van der Waals surface area contributed by atoms with Crippen molar-refractivity contribution in [2.75, 3.05) is 33.4 Å². The molecule has 0 aromatic heterocycles. The molecule has 1 N–H and O–H groups in total.